The predicted octanol–water partition coefficient (Wildman–Crippen LogP) is 3.65. The summed E-state index contributed by atoms with van der Waals surface area (Å²) in [5.74, 6) is -1.71. The molecule has 0 amide bonds. The summed E-state index contributed by atoms with van der Waals surface area (Å²) in [6, 6.07) is 3.94. The maximum Gasteiger partial charge on any atom is 0.334 e. The first-order valence-corrected chi connectivity index (χ1v) is 10.3. The van der Waals surface area contributed by atoms with Gasteiger partial charge in [0.15, 0.2) is 0 Å². The Labute approximate surface area is 182 Å². The predicted molar refractivity (Wildman–Crippen MR) is 115 cm³/mol. The molecule has 1 heterocycles. The van der Waals surface area contributed by atoms with E-state index in [2.05, 4.69) is 4.98 Å². The summed E-state index contributed by atoms with van der Waals surface area (Å²) < 4.78 is 15.3. The number of methoxy groups -OCH3 is 2. The van der Waals surface area contributed by atoms with Gasteiger partial charge in [-0.05, 0) is 57.2 Å². The lowest BCUT2D eigenvalue weighted by Crippen LogP contribution is -2.25. The zero-order chi connectivity index (χ0) is 22.8. The zero-order valence-corrected chi connectivity index (χ0v) is 18.5. The number of carbonyl (C=O) groups is 3. The van der Waals surface area contributed by atoms with Crippen LogP contribution >= 0.6 is 0 Å². The number of allylic oxidation sites excluding steroid dienone is 3. The second-order valence-electron chi connectivity index (χ2n) is 7.08. The second-order valence-corrected chi connectivity index (χ2v) is 7.08. The summed E-state index contributed by atoms with van der Waals surface area (Å²) in [5, 5.41) is 0. The van der Waals surface area contributed by atoms with Crippen molar-refractivity contribution in [3.8, 4) is 0 Å². The monoisotopic (exact) mass is 427 g/mol. The van der Waals surface area contributed by atoms with Gasteiger partial charge >= 0.3 is 5.97 Å². The smallest absolute Gasteiger partial charge is 0.334 e. The van der Waals surface area contributed by atoms with Gasteiger partial charge in [0.2, 0.25) is 23.1 Å². The SMILES string of the molecule is CCOC(=O)C(=CC1=C(C)C(=O)C(OC)=C(OC)C1=O)CCCCCc1cccnc1. The van der Waals surface area contributed by atoms with E-state index in [0.29, 0.717) is 12.0 Å². The first kappa shape index (κ1) is 24.1. The Balaban J connectivity index is 2.15. The van der Waals surface area contributed by atoms with Crippen LogP contribution in [0.4, 0.5) is 0 Å². The lowest BCUT2D eigenvalue weighted by Gasteiger charge is -2.19. The maximum absolute atomic E-state index is 12.9. The third kappa shape index (κ3) is 6.13. The van der Waals surface area contributed by atoms with Crippen molar-refractivity contribution in [2.24, 2.45) is 0 Å². The number of esters is 1. The number of carbonyl (C=O) groups excluding carboxylic acids is 3. The molecule has 1 aliphatic carbocycles. The van der Waals surface area contributed by atoms with Crippen molar-refractivity contribution in [1.29, 1.82) is 0 Å². The van der Waals surface area contributed by atoms with Gasteiger partial charge in [-0.25, -0.2) is 4.79 Å². The third-order valence-electron chi connectivity index (χ3n) is 5.01. The topological polar surface area (TPSA) is 91.8 Å². The van der Waals surface area contributed by atoms with Gasteiger partial charge in [-0.1, -0.05) is 12.5 Å². The highest BCUT2D eigenvalue weighted by atomic mass is 16.5. The lowest BCUT2D eigenvalue weighted by molar-refractivity contribution is -0.138. The third-order valence-corrected chi connectivity index (χ3v) is 5.01. The van der Waals surface area contributed by atoms with Gasteiger partial charge in [-0.2, -0.15) is 0 Å². The molecule has 0 N–H and O–H groups in total. The Hall–Kier alpha value is -3.22. The minimum absolute atomic E-state index is 0.126. The first-order valence-electron chi connectivity index (χ1n) is 10.3. The Bertz CT molecular complexity index is 911. The largest absolute Gasteiger partial charge is 0.489 e. The number of aromatic nitrogens is 1. The van der Waals surface area contributed by atoms with Gasteiger partial charge in [0.1, 0.15) is 0 Å². The average molecular weight is 427 g/mol. The molecule has 1 aliphatic rings. The van der Waals surface area contributed by atoms with E-state index in [1.807, 2.05) is 18.3 Å². The fraction of sp³-hybridized carbons (Fsp3) is 0.417. The van der Waals surface area contributed by atoms with Crippen LogP contribution in [0.2, 0.25) is 0 Å². The van der Waals surface area contributed by atoms with E-state index < -0.39 is 17.5 Å². The van der Waals surface area contributed by atoms with Crippen molar-refractivity contribution in [3.63, 3.8) is 0 Å². The molecule has 0 fully saturated rings. The van der Waals surface area contributed by atoms with Gasteiger partial charge in [-0.3, -0.25) is 14.6 Å². The Morgan fingerprint density at radius 3 is 2.39 bits per heavy atom. The van der Waals surface area contributed by atoms with E-state index >= 15 is 0 Å². The molecule has 0 aliphatic heterocycles. The molecule has 31 heavy (non-hydrogen) atoms. The van der Waals surface area contributed by atoms with Gasteiger partial charge < -0.3 is 14.2 Å². The summed E-state index contributed by atoms with van der Waals surface area (Å²) >= 11 is 0. The first-order chi connectivity index (χ1) is 14.9. The Morgan fingerprint density at radius 2 is 1.77 bits per heavy atom. The fourth-order valence-electron chi connectivity index (χ4n) is 3.33. The fourth-order valence-corrected chi connectivity index (χ4v) is 3.33. The molecule has 7 heteroatoms. The molecule has 0 aromatic carbocycles. The van der Waals surface area contributed by atoms with E-state index in [1.165, 1.54) is 32.8 Å². The van der Waals surface area contributed by atoms with E-state index in [4.69, 9.17) is 14.2 Å². The van der Waals surface area contributed by atoms with Crippen LogP contribution < -0.4 is 0 Å². The molecule has 0 unspecified atom stereocenters. The molecule has 0 atom stereocenters. The molecule has 0 saturated carbocycles. The molecule has 2 rings (SSSR count). The minimum Gasteiger partial charge on any atom is -0.489 e. The highest BCUT2D eigenvalue weighted by molar-refractivity contribution is 6.24. The highest BCUT2D eigenvalue weighted by Gasteiger charge is 2.34. The van der Waals surface area contributed by atoms with Crippen LogP contribution in [0.25, 0.3) is 0 Å². The van der Waals surface area contributed by atoms with Crippen LogP contribution in [-0.2, 0) is 35.0 Å². The number of pyridine rings is 1. The number of unbranched alkanes of at least 4 members (excludes halogenated alkanes) is 2. The number of rotatable bonds is 11. The molecule has 166 valence electrons. The quantitative estimate of drug-likeness (QED) is 0.230. The maximum atomic E-state index is 12.9. The Morgan fingerprint density at radius 1 is 1.06 bits per heavy atom. The van der Waals surface area contributed by atoms with E-state index in [1.54, 1.807) is 13.1 Å². The number of ketones is 2. The van der Waals surface area contributed by atoms with Gasteiger partial charge in [-0.15, -0.1) is 0 Å². The molecule has 0 radical (unpaired) electrons. The molecule has 0 saturated heterocycles. The number of aryl methyl sites for hydroxylation is 1. The molecular formula is C24H29NO6. The normalized spacial score (nSPS) is 14.8. The van der Waals surface area contributed by atoms with Crippen LogP contribution in [0.5, 0.6) is 0 Å². The van der Waals surface area contributed by atoms with Crippen molar-refractivity contribution in [1.82, 2.24) is 4.98 Å². The van der Waals surface area contributed by atoms with E-state index in [-0.39, 0.29) is 29.3 Å². The summed E-state index contributed by atoms with van der Waals surface area (Å²) in [7, 11) is 2.61. The summed E-state index contributed by atoms with van der Waals surface area (Å²) in [6.07, 6.45) is 8.99. The van der Waals surface area contributed by atoms with Crippen LogP contribution in [0.15, 0.2) is 58.8 Å². The number of Topliss-reactive ketones (excluding diaryl/α,β-unsaturated/α-hetero) is 2. The van der Waals surface area contributed by atoms with Crippen molar-refractivity contribution in [2.45, 2.75) is 46.0 Å². The van der Waals surface area contributed by atoms with Gasteiger partial charge in [0.05, 0.1) is 20.8 Å². The standard InChI is InChI=1S/C24H29NO6/c1-5-31-24(28)18(12-8-6-7-10-17-11-9-13-25-15-17)14-19-16(2)20(26)22(29-3)23(30-4)21(19)27/h9,11,13-15H,5-8,10,12H2,1-4H3. The minimum atomic E-state index is -0.491. The number of hydrogen-bond acceptors (Lipinski definition) is 7. The van der Waals surface area contributed by atoms with Crippen LogP contribution in [0.1, 0.15) is 45.1 Å². The number of hydrogen-bond donors (Lipinski definition) is 0. The zero-order valence-electron chi connectivity index (χ0n) is 18.5. The van der Waals surface area contributed by atoms with Crippen molar-refractivity contribution < 1.29 is 28.6 Å². The molecule has 1 aromatic heterocycles. The molecule has 0 spiro atoms. The molecule has 1 aromatic rings. The average Bonchev–Trinajstić information content (AvgIpc) is 2.78. The van der Waals surface area contributed by atoms with Crippen LogP contribution in [0.3, 0.4) is 0 Å². The van der Waals surface area contributed by atoms with E-state index in [9.17, 15) is 14.4 Å². The number of nitrogens with zero attached hydrogens (tertiary/aromatic N) is 1. The van der Waals surface area contributed by atoms with Crippen molar-refractivity contribution in [3.05, 3.63) is 64.4 Å². The summed E-state index contributed by atoms with van der Waals surface area (Å²) in [6.45, 7) is 3.48. The second kappa shape index (κ2) is 11.8. The highest BCUT2D eigenvalue weighted by Crippen LogP contribution is 2.28. The van der Waals surface area contributed by atoms with Crippen LogP contribution in [0, 0.1) is 0 Å². The molecule has 0 bridgehead atoms. The summed E-state index contributed by atoms with van der Waals surface area (Å²) in [5.41, 5.74) is 1.86. The summed E-state index contributed by atoms with van der Waals surface area (Å²) in [4.78, 5) is 42.0. The van der Waals surface area contributed by atoms with Crippen LogP contribution in [-0.4, -0.2) is 43.3 Å². The van der Waals surface area contributed by atoms with Gasteiger partial charge in [0.25, 0.3) is 0 Å². The lowest BCUT2D eigenvalue weighted by atomic mass is 9.90. The molecule has 7 nitrogen and oxygen atoms in total. The Kier molecular flexibility index (Phi) is 9.18. The van der Waals surface area contributed by atoms with E-state index in [0.717, 1.165) is 25.7 Å². The number of ether oxygens (including phenoxy) is 3. The van der Waals surface area contributed by atoms with Crippen molar-refractivity contribution >= 4 is 17.5 Å². The van der Waals surface area contributed by atoms with Gasteiger partial charge in [0, 0.05) is 29.1 Å². The molecular weight excluding hydrogens is 398 g/mol. The van der Waals surface area contributed by atoms with Crippen molar-refractivity contribution in [2.75, 3.05) is 20.8 Å².